The molecule has 8 heteroatoms. The molecule has 0 atom stereocenters. The van der Waals surface area contributed by atoms with Gasteiger partial charge in [-0.3, -0.25) is 9.69 Å². The molecule has 1 heterocycles. The lowest BCUT2D eigenvalue weighted by molar-refractivity contribution is -0.128. The van der Waals surface area contributed by atoms with Crippen molar-refractivity contribution in [2.45, 2.75) is 0 Å². The molecule has 1 fully saturated rings. The number of nitriles is 1. The molecule has 1 aliphatic rings. The molecule has 0 radical (unpaired) electrons. The van der Waals surface area contributed by atoms with E-state index in [1.165, 1.54) is 24.4 Å². The first kappa shape index (κ1) is 18.2. The minimum absolute atomic E-state index is 0.0114. The Morgan fingerprint density at radius 3 is 2.71 bits per heavy atom. The van der Waals surface area contributed by atoms with E-state index in [1.807, 2.05) is 6.07 Å². The first-order valence-electron chi connectivity index (χ1n) is 7.58. The monoisotopic (exact) mass is 351 g/mol. The standard InChI is InChI=1S/C16H19ClFN5O/c17-14-9-13(1-2-15(14)18)21-11-12(10-20)16(24)23-7-5-22(4-3-19)6-8-23/h1-2,9,11,21H,3-8,19H2/b12-11-. The first-order valence-corrected chi connectivity index (χ1v) is 7.96. The van der Waals surface area contributed by atoms with Crippen LogP contribution >= 0.6 is 11.6 Å². The van der Waals surface area contributed by atoms with Gasteiger partial charge in [0.05, 0.1) is 5.02 Å². The predicted molar refractivity (Wildman–Crippen MR) is 90.8 cm³/mol. The number of carbonyl (C=O) groups is 1. The number of anilines is 1. The van der Waals surface area contributed by atoms with Gasteiger partial charge in [-0.15, -0.1) is 0 Å². The number of piperazine rings is 1. The van der Waals surface area contributed by atoms with E-state index in [0.717, 1.165) is 19.6 Å². The van der Waals surface area contributed by atoms with E-state index in [1.54, 1.807) is 4.90 Å². The lowest BCUT2D eigenvalue weighted by Crippen LogP contribution is -2.50. The van der Waals surface area contributed by atoms with E-state index in [0.29, 0.717) is 25.3 Å². The van der Waals surface area contributed by atoms with Gasteiger partial charge in [0.2, 0.25) is 0 Å². The Morgan fingerprint density at radius 2 is 2.12 bits per heavy atom. The van der Waals surface area contributed by atoms with Crippen molar-refractivity contribution in [3.63, 3.8) is 0 Å². The Morgan fingerprint density at radius 1 is 1.42 bits per heavy atom. The molecule has 0 bridgehead atoms. The Kier molecular flexibility index (Phi) is 6.55. The molecule has 1 amide bonds. The van der Waals surface area contributed by atoms with Crippen molar-refractivity contribution in [2.75, 3.05) is 44.6 Å². The van der Waals surface area contributed by atoms with Crippen molar-refractivity contribution in [2.24, 2.45) is 5.73 Å². The molecule has 0 aliphatic carbocycles. The smallest absolute Gasteiger partial charge is 0.266 e. The van der Waals surface area contributed by atoms with E-state index in [2.05, 4.69) is 10.2 Å². The molecule has 1 aromatic rings. The van der Waals surface area contributed by atoms with Crippen LogP contribution in [0.25, 0.3) is 0 Å². The first-order chi connectivity index (χ1) is 11.5. The number of amides is 1. The van der Waals surface area contributed by atoms with Crippen LogP contribution in [-0.4, -0.2) is 55.0 Å². The fourth-order valence-corrected chi connectivity index (χ4v) is 2.59. The third-order valence-corrected chi connectivity index (χ3v) is 4.05. The van der Waals surface area contributed by atoms with Crippen LogP contribution in [0.1, 0.15) is 0 Å². The number of hydrogen-bond acceptors (Lipinski definition) is 5. The summed E-state index contributed by atoms with van der Waals surface area (Å²) in [7, 11) is 0. The van der Waals surface area contributed by atoms with Crippen molar-refractivity contribution in [3.8, 4) is 6.07 Å². The van der Waals surface area contributed by atoms with Gasteiger partial charge in [-0.05, 0) is 18.2 Å². The molecule has 128 valence electrons. The highest BCUT2D eigenvalue weighted by atomic mass is 35.5. The molecular formula is C16H19ClFN5O. The summed E-state index contributed by atoms with van der Waals surface area (Å²) >= 11 is 5.70. The quantitative estimate of drug-likeness (QED) is 0.618. The Labute approximate surface area is 145 Å². The lowest BCUT2D eigenvalue weighted by Gasteiger charge is -2.34. The number of rotatable bonds is 5. The summed E-state index contributed by atoms with van der Waals surface area (Å²) in [6.45, 7) is 3.98. The van der Waals surface area contributed by atoms with Crippen LogP contribution in [0.2, 0.25) is 5.02 Å². The zero-order valence-electron chi connectivity index (χ0n) is 13.1. The molecule has 1 aliphatic heterocycles. The largest absolute Gasteiger partial charge is 0.360 e. The maximum atomic E-state index is 13.1. The highest BCUT2D eigenvalue weighted by molar-refractivity contribution is 6.31. The molecule has 3 N–H and O–H groups in total. The third-order valence-electron chi connectivity index (χ3n) is 3.76. The molecule has 2 rings (SSSR count). The summed E-state index contributed by atoms with van der Waals surface area (Å²) in [6, 6.07) is 5.97. The van der Waals surface area contributed by atoms with Crippen molar-refractivity contribution in [3.05, 3.63) is 40.8 Å². The average molecular weight is 352 g/mol. The van der Waals surface area contributed by atoms with E-state index in [9.17, 15) is 14.4 Å². The fourth-order valence-electron chi connectivity index (χ4n) is 2.41. The second-order valence-corrected chi connectivity index (χ2v) is 5.77. The third kappa shape index (κ3) is 4.68. The minimum atomic E-state index is -0.530. The van der Waals surface area contributed by atoms with Gasteiger partial charge < -0.3 is 16.0 Å². The van der Waals surface area contributed by atoms with Crippen LogP contribution < -0.4 is 11.1 Å². The molecule has 0 aromatic heterocycles. The van der Waals surface area contributed by atoms with E-state index < -0.39 is 5.82 Å². The molecule has 1 aromatic carbocycles. The van der Waals surface area contributed by atoms with E-state index >= 15 is 0 Å². The van der Waals surface area contributed by atoms with E-state index in [4.69, 9.17) is 17.3 Å². The van der Waals surface area contributed by atoms with Gasteiger partial charge in [0, 0.05) is 51.2 Å². The predicted octanol–water partition coefficient (Wildman–Crippen LogP) is 1.40. The zero-order valence-corrected chi connectivity index (χ0v) is 13.9. The summed E-state index contributed by atoms with van der Waals surface area (Å²) < 4.78 is 13.1. The topological polar surface area (TPSA) is 85.4 Å². The summed E-state index contributed by atoms with van der Waals surface area (Å²) in [4.78, 5) is 16.2. The molecule has 0 unspecified atom stereocenters. The molecule has 6 nitrogen and oxygen atoms in total. The Balaban J connectivity index is 1.98. The van der Waals surface area contributed by atoms with Gasteiger partial charge in [0.1, 0.15) is 17.5 Å². The molecule has 24 heavy (non-hydrogen) atoms. The van der Waals surface area contributed by atoms with Gasteiger partial charge in [0.25, 0.3) is 5.91 Å². The van der Waals surface area contributed by atoms with Gasteiger partial charge >= 0.3 is 0 Å². The number of carbonyl (C=O) groups excluding carboxylic acids is 1. The number of benzene rings is 1. The van der Waals surface area contributed by atoms with Crippen LogP contribution in [0.3, 0.4) is 0 Å². The number of hydrogen-bond donors (Lipinski definition) is 2. The summed E-state index contributed by atoms with van der Waals surface area (Å²) in [5, 5.41) is 12.0. The highest BCUT2D eigenvalue weighted by Crippen LogP contribution is 2.19. The maximum Gasteiger partial charge on any atom is 0.266 e. The lowest BCUT2D eigenvalue weighted by atomic mass is 10.2. The summed E-state index contributed by atoms with van der Waals surface area (Å²) in [5.74, 6) is -0.858. The van der Waals surface area contributed by atoms with Gasteiger partial charge in [-0.1, -0.05) is 11.6 Å². The van der Waals surface area contributed by atoms with Gasteiger partial charge in [0.15, 0.2) is 0 Å². The van der Waals surface area contributed by atoms with Crippen molar-refractivity contribution in [1.29, 1.82) is 5.26 Å². The molecule has 0 saturated carbocycles. The normalized spacial score (nSPS) is 15.9. The Hall–Kier alpha value is -2.14. The number of nitrogens with one attached hydrogen (secondary N) is 1. The minimum Gasteiger partial charge on any atom is -0.360 e. The highest BCUT2D eigenvalue weighted by Gasteiger charge is 2.23. The second kappa shape index (κ2) is 8.64. The maximum absolute atomic E-state index is 13.1. The summed E-state index contributed by atoms with van der Waals surface area (Å²) in [5.41, 5.74) is 6.01. The molecule has 1 saturated heterocycles. The second-order valence-electron chi connectivity index (χ2n) is 5.37. The Bertz CT molecular complexity index is 665. The summed E-state index contributed by atoms with van der Waals surface area (Å²) in [6.07, 6.45) is 1.32. The van der Waals surface area contributed by atoms with Crippen LogP contribution in [0.4, 0.5) is 10.1 Å². The number of halogens is 2. The van der Waals surface area contributed by atoms with Gasteiger partial charge in [-0.25, -0.2) is 4.39 Å². The van der Waals surface area contributed by atoms with Crippen molar-refractivity contribution >= 4 is 23.2 Å². The number of nitrogens with zero attached hydrogens (tertiary/aromatic N) is 3. The number of nitrogens with two attached hydrogens (primary N) is 1. The average Bonchev–Trinajstić information content (AvgIpc) is 2.59. The van der Waals surface area contributed by atoms with Crippen LogP contribution in [-0.2, 0) is 4.79 Å². The van der Waals surface area contributed by atoms with E-state index in [-0.39, 0.29) is 16.5 Å². The van der Waals surface area contributed by atoms with Gasteiger partial charge in [-0.2, -0.15) is 5.26 Å². The van der Waals surface area contributed by atoms with Crippen molar-refractivity contribution in [1.82, 2.24) is 9.80 Å². The molecule has 0 spiro atoms. The molecular weight excluding hydrogens is 333 g/mol. The van der Waals surface area contributed by atoms with Crippen LogP contribution in [0.5, 0.6) is 0 Å². The van der Waals surface area contributed by atoms with Crippen molar-refractivity contribution < 1.29 is 9.18 Å². The SMILES string of the molecule is N#C/C(=C/Nc1ccc(F)c(Cl)c1)C(=O)N1CCN(CCN)CC1. The zero-order chi connectivity index (χ0) is 17.5. The fraction of sp³-hybridized carbons (Fsp3) is 0.375. The van der Waals surface area contributed by atoms with Crippen LogP contribution in [0, 0.1) is 17.1 Å². The van der Waals surface area contributed by atoms with Crippen LogP contribution in [0.15, 0.2) is 30.0 Å².